The van der Waals surface area contributed by atoms with E-state index in [0.29, 0.717) is 16.5 Å². The molecule has 3 N–H and O–H groups in total. The Morgan fingerprint density at radius 3 is 2.70 bits per heavy atom. The first-order chi connectivity index (χ1) is 9.50. The third kappa shape index (κ3) is 3.92. The van der Waals surface area contributed by atoms with Crippen LogP contribution in [-0.4, -0.2) is 32.9 Å². The first kappa shape index (κ1) is 14.8. The van der Waals surface area contributed by atoms with Crippen molar-refractivity contribution in [3.05, 3.63) is 29.6 Å². The van der Waals surface area contributed by atoms with Gasteiger partial charge in [-0.1, -0.05) is 12.1 Å². The molecule has 0 spiro atoms. The number of hydrogen-bond acceptors (Lipinski definition) is 6. The number of methoxy groups -OCH3 is 1. The number of nitrogens with one attached hydrogen (secondary N) is 1. The van der Waals surface area contributed by atoms with Crippen molar-refractivity contribution in [2.24, 2.45) is 0 Å². The predicted octanol–water partition coefficient (Wildman–Crippen LogP) is 1.78. The van der Waals surface area contributed by atoms with Crippen LogP contribution >= 0.6 is 11.3 Å². The van der Waals surface area contributed by atoms with Crippen molar-refractivity contribution in [2.45, 2.75) is 0 Å². The Bertz CT molecular complexity index is 666. The lowest BCUT2D eigenvalue weighted by Crippen LogP contribution is -2.19. The molecule has 1 aromatic heterocycles. The Balaban J connectivity index is 2.11. The fourth-order valence-corrected chi connectivity index (χ4v) is 3.42. The molecule has 0 amide bonds. The van der Waals surface area contributed by atoms with E-state index in [1.54, 1.807) is 17.5 Å². The number of thiazole rings is 1. The second-order valence-electron chi connectivity index (χ2n) is 4.07. The molecule has 0 unspecified atom stereocenters. The molecule has 2 aromatic rings. The van der Waals surface area contributed by atoms with E-state index in [-0.39, 0.29) is 12.4 Å². The topological polar surface area (TPSA) is 94.3 Å². The number of anilines is 2. The molecule has 1 aromatic carbocycles. The molecule has 1 heterocycles. The van der Waals surface area contributed by atoms with Gasteiger partial charge in [0.05, 0.1) is 18.1 Å². The van der Waals surface area contributed by atoms with Crippen LogP contribution in [0.3, 0.4) is 0 Å². The molecule has 0 atom stereocenters. The summed E-state index contributed by atoms with van der Waals surface area (Å²) in [6, 6.07) is 7.23. The van der Waals surface area contributed by atoms with Crippen LogP contribution in [0.4, 0.5) is 10.8 Å². The van der Waals surface area contributed by atoms with E-state index >= 15 is 0 Å². The highest BCUT2D eigenvalue weighted by Gasteiger charge is 2.13. The van der Waals surface area contributed by atoms with Crippen molar-refractivity contribution in [1.82, 2.24) is 4.98 Å². The first-order valence-corrected chi connectivity index (χ1v) is 8.34. The van der Waals surface area contributed by atoms with E-state index in [4.69, 9.17) is 10.5 Å². The van der Waals surface area contributed by atoms with Gasteiger partial charge in [-0.15, -0.1) is 11.3 Å². The van der Waals surface area contributed by atoms with Crippen molar-refractivity contribution in [3.8, 4) is 11.3 Å². The van der Waals surface area contributed by atoms with E-state index in [1.165, 1.54) is 18.4 Å². The molecule has 0 fully saturated rings. The highest BCUT2D eigenvalue weighted by atomic mass is 32.2. The van der Waals surface area contributed by atoms with E-state index in [9.17, 15) is 8.42 Å². The van der Waals surface area contributed by atoms with Crippen molar-refractivity contribution in [3.63, 3.8) is 0 Å². The van der Waals surface area contributed by atoms with E-state index < -0.39 is 10.0 Å². The van der Waals surface area contributed by atoms with Gasteiger partial charge in [0.15, 0.2) is 5.13 Å². The predicted molar refractivity (Wildman–Crippen MR) is 81.2 cm³/mol. The summed E-state index contributed by atoms with van der Waals surface area (Å²) >= 11 is 1.24. The Morgan fingerprint density at radius 1 is 1.35 bits per heavy atom. The molecule has 0 bridgehead atoms. The lowest BCUT2D eigenvalue weighted by molar-refractivity contribution is 0.217. The van der Waals surface area contributed by atoms with Gasteiger partial charge < -0.3 is 10.5 Å². The normalized spacial score (nSPS) is 11.4. The van der Waals surface area contributed by atoms with Crippen molar-refractivity contribution >= 4 is 32.2 Å². The summed E-state index contributed by atoms with van der Waals surface area (Å²) < 4.78 is 30.6. The average Bonchev–Trinajstić information content (AvgIpc) is 2.85. The van der Waals surface area contributed by atoms with E-state index in [2.05, 4.69) is 9.71 Å². The number of ether oxygens (including phenoxy) is 1. The first-order valence-electron chi connectivity index (χ1n) is 5.81. The molecule has 2 rings (SSSR count). The Morgan fingerprint density at radius 2 is 2.05 bits per heavy atom. The SMILES string of the molecule is COCCS(=O)(=O)Nc1nc(-c2ccc(N)cc2)cs1. The second kappa shape index (κ2) is 6.21. The third-order valence-electron chi connectivity index (χ3n) is 2.51. The summed E-state index contributed by atoms with van der Waals surface area (Å²) in [7, 11) is -1.96. The number of rotatable bonds is 6. The molecule has 0 saturated heterocycles. The highest BCUT2D eigenvalue weighted by Crippen LogP contribution is 2.26. The molecule has 6 nitrogen and oxygen atoms in total. The summed E-state index contributed by atoms with van der Waals surface area (Å²) in [6.07, 6.45) is 0. The van der Waals surface area contributed by atoms with Crippen LogP contribution in [0.1, 0.15) is 0 Å². The zero-order valence-corrected chi connectivity index (χ0v) is 12.5. The molecule has 0 aliphatic heterocycles. The number of benzene rings is 1. The lowest BCUT2D eigenvalue weighted by Gasteiger charge is -2.03. The molecule has 0 aliphatic carbocycles. The summed E-state index contributed by atoms with van der Waals surface area (Å²) in [4.78, 5) is 4.25. The Kier molecular flexibility index (Phi) is 4.58. The molecule has 20 heavy (non-hydrogen) atoms. The number of nitrogen functional groups attached to an aromatic ring is 1. The van der Waals surface area contributed by atoms with Gasteiger partial charge in [-0.3, -0.25) is 4.72 Å². The fraction of sp³-hybridized carbons (Fsp3) is 0.250. The van der Waals surface area contributed by atoms with E-state index in [1.807, 2.05) is 12.1 Å². The van der Waals surface area contributed by atoms with Crippen LogP contribution in [0.25, 0.3) is 11.3 Å². The minimum Gasteiger partial charge on any atom is -0.399 e. The molecule has 108 valence electrons. The van der Waals surface area contributed by atoms with Gasteiger partial charge in [0.25, 0.3) is 0 Å². The van der Waals surface area contributed by atoms with Gasteiger partial charge in [-0.2, -0.15) is 0 Å². The van der Waals surface area contributed by atoms with Gasteiger partial charge in [0.2, 0.25) is 10.0 Å². The van der Waals surface area contributed by atoms with Crippen LogP contribution in [0.15, 0.2) is 29.6 Å². The van der Waals surface area contributed by atoms with Crippen LogP contribution in [-0.2, 0) is 14.8 Å². The zero-order chi connectivity index (χ0) is 14.6. The maximum Gasteiger partial charge on any atom is 0.236 e. The summed E-state index contributed by atoms with van der Waals surface area (Å²) in [6.45, 7) is 0.144. The third-order valence-corrected chi connectivity index (χ3v) is 4.61. The summed E-state index contributed by atoms with van der Waals surface area (Å²) in [5.41, 5.74) is 7.88. The second-order valence-corrected chi connectivity index (χ2v) is 6.77. The van der Waals surface area contributed by atoms with Gasteiger partial charge in [-0.05, 0) is 12.1 Å². The molecular weight excluding hydrogens is 298 g/mol. The highest BCUT2D eigenvalue weighted by molar-refractivity contribution is 7.92. The minimum atomic E-state index is -3.42. The average molecular weight is 313 g/mol. The Hall–Kier alpha value is -1.64. The standard InChI is InChI=1S/C12H15N3O3S2/c1-18-6-7-20(16,17)15-12-14-11(8-19-12)9-2-4-10(13)5-3-9/h2-5,8H,6-7,13H2,1H3,(H,14,15). The summed E-state index contributed by atoms with van der Waals surface area (Å²) in [5, 5.41) is 2.13. The molecule has 0 radical (unpaired) electrons. The maximum absolute atomic E-state index is 11.7. The molecule has 8 heteroatoms. The summed E-state index contributed by atoms with van der Waals surface area (Å²) in [5.74, 6) is -0.0969. The monoisotopic (exact) mass is 313 g/mol. The van der Waals surface area contributed by atoms with Crippen molar-refractivity contribution in [2.75, 3.05) is 29.9 Å². The quantitative estimate of drug-likeness (QED) is 0.793. The fourth-order valence-electron chi connectivity index (χ4n) is 1.48. The number of sulfonamides is 1. The molecule has 0 aliphatic rings. The van der Waals surface area contributed by atoms with Gasteiger partial charge in [-0.25, -0.2) is 13.4 Å². The minimum absolute atomic E-state index is 0.0969. The maximum atomic E-state index is 11.7. The van der Waals surface area contributed by atoms with Crippen LogP contribution in [0.5, 0.6) is 0 Å². The van der Waals surface area contributed by atoms with Crippen molar-refractivity contribution in [1.29, 1.82) is 0 Å². The van der Waals surface area contributed by atoms with Crippen molar-refractivity contribution < 1.29 is 13.2 Å². The van der Waals surface area contributed by atoms with Gasteiger partial charge in [0, 0.05) is 23.7 Å². The van der Waals surface area contributed by atoms with Crippen LogP contribution in [0, 0.1) is 0 Å². The largest absolute Gasteiger partial charge is 0.399 e. The van der Waals surface area contributed by atoms with Gasteiger partial charge >= 0.3 is 0 Å². The number of aromatic nitrogens is 1. The molecule has 0 saturated carbocycles. The van der Waals surface area contributed by atoms with Gasteiger partial charge in [0.1, 0.15) is 0 Å². The number of nitrogens with two attached hydrogens (primary N) is 1. The molecular formula is C12H15N3O3S2. The number of nitrogens with zero attached hydrogens (tertiary/aromatic N) is 1. The lowest BCUT2D eigenvalue weighted by atomic mass is 10.2. The van der Waals surface area contributed by atoms with E-state index in [0.717, 1.165) is 5.56 Å². The van der Waals surface area contributed by atoms with Crippen LogP contribution < -0.4 is 10.5 Å². The van der Waals surface area contributed by atoms with Crippen LogP contribution in [0.2, 0.25) is 0 Å². The Labute approximate surface area is 121 Å². The number of hydrogen-bond donors (Lipinski definition) is 2. The zero-order valence-electron chi connectivity index (χ0n) is 10.9. The smallest absolute Gasteiger partial charge is 0.236 e.